The molecule has 7 rings (SSSR count). The zero-order valence-electron chi connectivity index (χ0n) is 26.4. The Balaban J connectivity index is 1.13. The first kappa shape index (κ1) is 31.1. The molecular formula is C40H42BrN3O2. The van der Waals surface area contributed by atoms with Gasteiger partial charge in [0.15, 0.2) is 0 Å². The van der Waals surface area contributed by atoms with E-state index in [1.165, 1.54) is 12.0 Å². The lowest BCUT2D eigenvalue weighted by molar-refractivity contribution is 0.00612. The Hall–Kier alpha value is -3.55. The van der Waals surface area contributed by atoms with E-state index in [-0.39, 0.29) is 5.92 Å². The second-order valence-electron chi connectivity index (χ2n) is 13.0. The minimum atomic E-state index is -1.17. The smallest absolute Gasteiger partial charge is 0.217 e. The minimum absolute atomic E-state index is 0.378. The summed E-state index contributed by atoms with van der Waals surface area (Å²) in [5.41, 5.74) is 3.94. The molecule has 0 aliphatic carbocycles. The van der Waals surface area contributed by atoms with Crippen molar-refractivity contribution in [2.45, 2.75) is 55.8 Å². The van der Waals surface area contributed by atoms with Crippen LogP contribution >= 0.6 is 15.9 Å². The van der Waals surface area contributed by atoms with Crippen molar-refractivity contribution in [3.63, 3.8) is 0 Å². The molecule has 46 heavy (non-hydrogen) atoms. The van der Waals surface area contributed by atoms with Gasteiger partial charge in [-0.1, -0.05) is 107 Å². The van der Waals surface area contributed by atoms with E-state index in [1.807, 2.05) is 36.4 Å². The second kappa shape index (κ2) is 13.7. The van der Waals surface area contributed by atoms with Crippen molar-refractivity contribution in [1.82, 2.24) is 14.8 Å². The molecule has 236 valence electrons. The molecule has 2 aliphatic heterocycles. The van der Waals surface area contributed by atoms with E-state index in [0.29, 0.717) is 24.4 Å². The number of rotatable bonds is 12. The van der Waals surface area contributed by atoms with Crippen molar-refractivity contribution in [2.75, 3.05) is 26.7 Å². The molecule has 0 radical (unpaired) electrons. The fraction of sp³-hybridized carbons (Fsp3) is 0.325. The van der Waals surface area contributed by atoms with Crippen LogP contribution in [-0.2, 0) is 12.1 Å². The van der Waals surface area contributed by atoms with Crippen molar-refractivity contribution < 1.29 is 9.84 Å². The number of pyridine rings is 1. The minimum Gasteiger partial charge on any atom is -0.481 e. The van der Waals surface area contributed by atoms with Gasteiger partial charge in [-0.25, -0.2) is 4.98 Å². The zero-order chi connectivity index (χ0) is 31.5. The molecule has 2 fully saturated rings. The first-order valence-electron chi connectivity index (χ1n) is 16.5. The van der Waals surface area contributed by atoms with Crippen LogP contribution in [0.4, 0.5) is 0 Å². The zero-order valence-corrected chi connectivity index (χ0v) is 28.0. The summed E-state index contributed by atoms with van der Waals surface area (Å²) in [6, 6.07) is 40.9. The third-order valence-corrected chi connectivity index (χ3v) is 10.6. The number of benzene rings is 4. The van der Waals surface area contributed by atoms with Gasteiger partial charge in [0.2, 0.25) is 5.88 Å². The Morgan fingerprint density at radius 2 is 1.52 bits per heavy atom. The van der Waals surface area contributed by atoms with E-state index in [0.717, 1.165) is 71.1 Å². The Morgan fingerprint density at radius 3 is 2.22 bits per heavy atom. The van der Waals surface area contributed by atoms with E-state index in [9.17, 15) is 5.11 Å². The normalized spacial score (nSPS) is 20.2. The molecule has 4 atom stereocenters. The molecule has 0 amide bonds. The molecule has 3 heterocycles. The molecule has 0 saturated carbocycles. The molecule has 2 saturated heterocycles. The number of hydrogen-bond donors (Lipinski definition) is 1. The highest BCUT2D eigenvalue weighted by atomic mass is 79.9. The van der Waals surface area contributed by atoms with Crippen LogP contribution in [0.25, 0.3) is 10.9 Å². The number of aromatic nitrogens is 1. The molecule has 6 heteroatoms. The monoisotopic (exact) mass is 675 g/mol. The molecule has 1 aromatic heterocycles. The number of unbranched alkanes of at least 4 members (excludes halogenated alkanes) is 1. The molecule has 5 aromatic rings. The average Bonchev–Trinajstić information content (AvgIpc) is 3.68. The number of likely N-dealkylation sites (tertiary alicyclic amines) is 2. The highest BCUT2D eigenvalue weighted by molar-refractivity contribution is 9.10. The first-order valence-corrected chi connectivity index (χ1v) is 17.3. The maximum Gasteiger partial charge on any atom is 0.217 e. The summed E-state index contributed by atoms with van der Waals surface area (Å²) in [5, 5.41) is 14.1. The summed E-state index contributed by atoms with van der Waals surface area (Å²) >= 11 is 3.64. The van der Waals surface area contributed by atoms with Gasteiger partial charge in [0.25, 0.3) is 0 Å². The van der Waals surface area contributed by atoms with Crippen LogP contribution in [0.2, 0.25) is 0 Å². The number of aliphatic hydroxyl groups is 1. The van der Waals surface area contributed by atoms with Gasteiger partial charge in [0, 0.05) is 53.1 Å². The van der Waals surface area contributed by atoms with Crippen LogP contribution in [-0.4, -0.2) is 58.7 Å². The van der Waals surface area contributed by atoms with E-state index in [2.05, 4.69) is 105 Å². The maximum atomic E-state index is 13.1. The van der Waals surface area contributed by atoms with E-state index < -0.39 is 5.60 Å². The largest absolute Gasteiger partial charge is 0.481 e. The quantitative estimate of drug-likeness (QED) is 0.135. The average molecular weight is 677 g/mol. The standard InChI is InChI=1S/C40H42BrN3O2/c1-46-39-36(24-31-23-33(41)19-20-37(31)42-39)38(30-15-7-3-8-16-30)40(45,32-17-9-4-10-18-32)21-11-12-22-43-27-35-25-34(43)28-44(35)26-29-13-5-2-6-14-29/h2-10,13-20,23-24,34-35,38,45H,11-12,21-22,25-28H2,1H3. The summed E-state index contributed by atoms with van der Waals surface area (Å²) < 4.78 is 6.93. The fourth-order valence-corrected chi connectivity index (χ4v) is 8.26. The van der Waals surface area contributed by atoms with Crippen molar-refractivity contribution in [3.05, 3.63) is 142 Å². The predicted molar refractivity (Wildman–Crippen MR) is 189 cm³/mol. The van der Waals surface area contributed by atoms with Crippen LogP contribution in [0.1, 0.15) is 53.9 Å². The molecule has 0 spiro atoms. The molecule has 2 aliphatic rings. The van der Waals surface area contributed by atoms with Gasteiger partial charge in [-0.2, -0.15) is 0 Å². The second-order valence-corrected chi connectivity index (χ2v) is 13.9. The lowest BCUT2D eigenvalue weighted by Gasteiger charge is -2.39. The number of nitrogens with zero attached hydrogens (tertiary/aromatic N) is 3. The van der Waals surface area contributed by atoms with Gasteiger partial charge in [-0.3, -0.25) is 9.80 Å². The lowest BCUT2D eigenvalue weighted by atomic mass is 9.71. The molecule has 4 aromatic carbocycles. The summed E-state index contributed by atoms with van der Waals surface area (Å²) in [4.78, 5) is 10.3. The van der Waals surface area contributed by atoms with Crippen molar-refractivity contribution in [1.29, 1.82) is 0 Å². The summed E-state index contributed by atoms with van der Waals surface area (Å²) in [6.45, 7) is 4.40. The van der Waals surface area contributed by atoms with E-state index >= 15 is 0 Å². The Labute approximate surface area is 281 Å². The van der Waals surface area contributed by atoms with Crippen molar-refractivity contribution in [2.24, 2.45) is 0 Å². The topological polar surface area (TPSA) is 48.8 Å². The number of fused-ring (bicyclic) bond motifs is 3. The third-order valence-electron chi connectivity index (χ3n) is 10.1. The van der Waals surface area contributed by atoms with Crippen LogP contribution in [0, 0.1) is 0 Å². The molecule has 4 unspecified atom stereocenters. The lowest BCUT2D eigenvalue weighted by Crippen LogP contribution is -2.46. The predicted octanol–water partition coefficient (Wildman–Crippen LogP) is 8.15. The fourth-order valence-electron chi connectivity index (χ4n) is 7.88. The number of piperazine rings is 1. The Morgan fingerprint density at radius 1 is 0.848 bits per heavy atom. The Bertz CT molecular complexity index is 1750. The van der Waals surface area contributed by atoms with E-state index in [1.54, 1.807) is 7.11 Å². The number of methoxy groups -OCH3 is 1. The van der Waals surface area contributed by atoms with Crippen molar-refractivity contribution in [3.8, 4) is 5.88 Å². The number of halogens is 1. The molecule has 5 nitrogen and oxygen atoms in total. The van der Waals surface area contributed by atoms with Gasteiger partial charge in [-0.05, 0) is 73.2 Å². The number of ether oxygens (including phenoxy) is 1. The van der Waals surface area contributed by atoms with Crippen LogP contribution in [0.5, 0.6) is 5.88 Å². The summed E-state index contributed by atoms with van der Waals surface area (Å²) in [7, 11) is 1.67. The van der Waals surface area contributed by atoms with Crippen molar-refractivity contribution >= 4 is 26.8 Å². The third kappa shape index (κ3) is 6.37. The number of hydrogen-bond acceptors (Lipinski definition) is 5. The summed E-state index contributed by atoms with van der Waals surface area (Å²) in [6.07, 6.45) is 3.84. The van der Waals surface area contributed by atoms with Crippen LogP contribution in [0.3, 0.4) is 0 Å². The van der Waals surface area contributed by atoms with Gasteiger partial charge in [0.05, 0.1) is 12.6 Å². The van der Waals surface area contributed by atoms with E-state index in [4.69, 9.17) is 9.72 Å². The molecule has 1 N–H and O–H groups in total. The van der Waals surface area contributed by atoms with Crippen LogP contribution < -0.4 is 4.74 Å². The Kier molecular flexibility index (Phi) is 9.23. The summed E-state index contributed by atoms with van der Waals surface area (Å²) in [5.74, 6) is 0.169. The van der Waals surface area contributed by atoms with Gasteiger partial charge >= 0.3 is 0 Å². The van der Waals surface area contributed by atoms with Gasteiger partial charge in [-0.15, -0.1) is 0 Å². The first-order chi connectivity index (χ1) is 22.5. The van der Waals surface area contributed by atoms with Gasteiger partial charge < -0.3 is 9.84 Å². The maximum absolute atomic E-state index is 13.1. The molecular weight excluding hydrogens is 634 g/mol. The highest BCUT2D eigenvalue weighted by Gasteiger charge is 2.44. The molecule has 2 bridgehead atoms. The van der Waals surface area contributed by atoms with Crippen LogP contribution in [0.15, 0.2) is 120 Å². The van der Waals surface area contributed by atoms with Gasteiger partial charge in [0.1, 0.15) is 5.60 Å². The SMILES string of the molecule is COc1nc2ccc(Br)cc2cc1C(c1ccccc1)C(O)(CCCCN1CC2CC1CN2Cc1ccccc1)c1ccccc1. The highest BCUT2D eigenvalue weighted by Crippen LogP contribution is 2.48.